The van der Waals surface area contributed by atoms with Crippen LogP contribution in [0.25, 0.3) is 5.69 Å². The molecule has 0 saturated carbocycles. The van der Waals surface area contributed by atoms with Crippen LogP contribution in [0.5, 0.6) is 17.2 Å². The molecule has 15 heteroatoms. The Bertz CT molecular complexity index is 1840. The third kappa shape index (κ3) is 5.80. The van der Waals surface area contributed by atoms with Gasteiger partial charge in [0.1, 0.15) is 22.9 Å². The zero-order valence-corrected chi connectivity index (χ0v) is 25.1. The van der Waals surface area contributed by atoms with Crippen molar-refractivity contribution in [2.45, 2.75) is 17.4 Å². The fraction of sp³-hybridized carbons (Fsp3) is 0.267. The number of sulfonamides is 1. The normalized spacial score (nSPS) is 17.2. The third-order valence-corrected chi connectivity index (χ3v) is 9.90. The molecule has 0 aliphatic carbocycles. The van der Waals surface area contributed by atoms with Gasteiger partial charge in [0.25, 0.3) is 11.6 Å². The summed E-state index contributed by atoms with van der Waals surface area (Å²) in [7, 11) is -2.48. The van der Waals surface area contributed by atoms with E-state index in [1.54, 1.807) is 55.6 Å². The summed E-state index contributed by atoms with van der Waals surface area (Å²) in [4.78, 5) is 25.3. The van der Waals surface area contributed by atoms with Crippen molar-refractivity contribution in [3.8, 4) is 22.9 Å². The number of rotatable bonds is 9. The standard InChI is InChI=1S/C30H31N7O7S/c1-43-21-10-12-23(13-11-21)44-22-8-6-20(7-9-22)36-29(30(31)38)28-27(33-36)25(14-15-32-28)34-16-18-35(19-17-34)45(41,42)26-5-3-2-4-24(26)37(39)40/h2-13,25,32H,14-19H2,1H3,(H2,31,38)/t25-/m1/s1. The Kier molecular flexibility index (Phi) is 8.14. The first-order chi connectivity index (χ1) is 21.7. The number of aromatic nitrogens is 2. The summed E-state index contributed by atoms with van der Waals surface area (Å²) in [6.07, 6.45) is 0.674. The van der Waals surface area contributed by atoms with Crippen LogP contribution < -0.4 is 20.5 Å². The first-order valence-electron chi connectivity index (χ1n) is 14.2. The number of nitrogens with zero attached hydrogens (tertiary/aromatic N) is 5. The van der Waals surface area contributed by atoms with Gasteiger partial charge in [-0.1, -0.05) is 12.1 Å². The lowest BCUT2D eigenvalue weighted by Crippen LogP contribution is -2.50. The molecule has 3 aromatic carbocycles. The molecule has 0 spiro atoms. The molecule has 6 rings (SSSR count). The van der Waals surface area contributed by atoms with Crippen molar-refractivity contribution >= 4 is 27.3 Å². The number of hydrogen-bond donors (Lipinski definition) is 2. The second-order valence-corrected chi connectivity index (χ2v) is 12.5. The molecule has 4 aromatic rings. The summed E-state index contributed by atoms with van der Waals surface area (Å²) in [5.74, 6) is 1.30. The lowest BCUT2D eigenvalue weighted by atomic mass is 10.0. The van der Waals surface area contributed by atoms with E-state index in [1.807, 2.05) is 0 Å². The number of nitro benzene ring substituents is 1. The second-order valence-electron chi connectivity index (χ2n) is 10.6. The number of nitro groups is 1. The molecule has 2 aliphatic rings. The molecule has 0 bridgehead atoms. The SMILES string of the molecule is COc1ccc(Oc2ccc(-n3nc4c(c3C(N)=O)NCC[C@H]4N3CCN(S(=O)(=O)c4ccccc4[N+](=O)[O-])CC3)cc2)cc1. The number of piperazine rings is 1. The average molecular weight is 634 g/mol. The summed E-state index contributed by atoms with van der Waals surface area (Å²) in [5, 5.41) is 19.6. The van der Waals surface area contributed by atoms with E-state index in [2.05, 4.69) is 10.2 Å². The Morgan fingerprint density at radius 1 is 0.978 bits per heavy atom. The van der Waals surface area contributed by atoms with Gasteiger partial charge in [-0.3, -0.25) is 19.8 Å². The molecule has 14 nitrogen and oxygen atoms in total. The van der Waals surface area contributed by atoms with E-state index in [9.17, 15) is 23.3 Å². The molecule has 0 radical (unpaired) electrons. The minimum absolute atomic E-state index is 0.146. The molecule has 45 heavy (non-hydrogen) atoms. The highest BCUT2D eigenvalue weighted by Crippen LogP contribution is 2.38. The van der Waals surface area contributed by atoms with Gasteiger partial charge >= 0.3 is 0 Å². The Balaban J connectivity index is 1.21. The van der Waals surface area contributed by atoms with Crippen LogP contribution >= 0.6 is 0 Å². The van der Waals surface area contributed by atoms with Crippen LogP contribution in [0.1, 0.15) is 28.6 Å². The van der Waals surface area contributed by atoms with Crippen molar-refractivity contribution in [2.24, 2.45) is 5.73 Å². The monoisotopic (exact) mass is 633 g/mol. The van der Waals surface area contributed by atoms with Gasteiger partial charge in [0.2, 0.25) is 10.0 Å². The zero-order valence-electron chi connectivity index (χ0n) is 24.3. The van der Waals surface area contributed by atoms with E-state index in [-0.39, 0.29) is 29.7 Å². The fourth-order valence-corrected chi connectivity index (χ4v) is 7.32. The molecule has 1 aromatic heterocycles. The Hall–Kier alpha value is -4.99. The minimum atomic E-state index is -4.07. The number of nitrogens with one attached hydrogen (secondary N) is 1. The summed E-state index contributed by atoms with van der Waals surface area (Å²) < 4.78 is 40.6. The zero-order chi connectivity index (χ0) is 31.7. The van der Waals surface area contributed by atoms with Gasteiger partial charge in [0.05, 0.1) is 29.4 Å². The van der Waals surface area contributed by atoms with Gasteiger partial charge in [0, 0.05) is 38.8 Å². The van der Waals surface area contributed by atoms with Crippen molar-refractivity contribution in [3.63, 3.8) is 0 Å². The van der Waals surface area contributed by atoms with Gasteiger partial charge in [-0.2, -0.15) is 9.40 Å². The van der Waals surface area contributed by atoms with E-state index in [0.717, 1.165) is 5.75 Å². The van der Waals surface area contributed by atoms with Crippen LogP contribution in [0, 0.1) is 10.1 Å². The summed E-state index contributed by atoms with van der Waals surface area (Å²) in [5.41, 5.74) is 7.42. The highest BCUT2D eigenvalue weighted by Gasteiger charge is 2.38. The van der Waals surface area contributed by atoms with Gasteiger partial charge in [0.15, 0.2) is 10.6 Å². The largest absolute Gasteiger partial charge is 0.497 e. The molecular weight excluding hydrogens is 602 g/mol. The van der Waals surface area contributed by atoms with Crippen molar-refractivity contribution in [3.05, 3.63) is 94.3 Å². The number of benzene rings is 3. The van der Waals surface area contributed by atoms with Crippen molar-refractivity contribution in [1.29, 1.82) is 0 Å². The molecule has 3 heterocycles. The van der Waals surface area contributed by atoms with Crippen molar-refractivity contribution < 1.29 is 27.6 Å². The smallest absolute Gasteiger partial charge is 0.289 e. The van der Waals surface area contributed by atoms with E-state index < -0.39 is 26.5 Å². The number of carbonyl (C=O) groups is 1. The van der Waals surface area contributed by atoms with E-state index >= 15 is 0 Å². The average Bonchev–Trinajstić information content (AvgIpc) is 3.46. The minimum Gasteiger partial charge on any atom is -0.497 e. The first-order valence-corrected chi connectivity index (χ1v) is 15.7. The third-order valence-electron chi connectivity index (χ3n) is 7.95. The maximum absolute atomic E-state index is 13.3. The number of primary amides is 1. The van der Waals surface area contributed by atoms with E-state index in [4.69, 9.17) is 20.3 Å². The Morgan fingerprint density at radius 2 is 1.60 bits per heavy atom. The van der Waals surface area contributed by atoms with Crippen LogP contribution in [-0.2, 0) is 10.0 Å². The molecule has 234 valence electrons. The fourth-order valence-electron chi connectivity index (χ4n) is 5.74. The number of hydrogen-bond acceptors (Lipinski definition) is 10. The molecule has 3 N–H and O–H groups in total. The maximum Gasteiger partial charge on any atom is 0.289 e. The summed E-state index contributed by atoms with van der Waals surface area (Å²) in [6.45, 7) is 1.60. The number of amides is 1. The predicted octanol–water partition coefficient (Wildman–Crippen LogP) is 3.54. The number of methoxy groups -OCH3 is 1. The molecular formula is C30H31N7O7S. The number of fused-ring (bicyclic) bond motifs is 1. The van der Waals surface area contributed by atoms with Gasteiger partial charge in [-0.15, -0.1) is 0 Å². The molecule has 1 amide bonds. The summed E-state index contributed by atoms with van der Waals surface area (Å²) in [6, 6.07) is 19.5. The lowest BCUT2D eigenvalue weighted by molar-refractivity contribution is -0.387. The lowest BCUT2D eigenvalue weighted by Gasteiger charge is -2.39. The van der Waals surface area contributed by atoms with Crippen LogP contribution in [-0.4, -0.2) is 78.1 Å². The number of para-hydroxylation sites is 1. The molecule has 1 atom stereocenters. The number of carbonyl (C=O) groups excluding carboxylic acids is 1. The van der Waals surface area contributed by atoms with Crippen LogP contribution in [0.4, 0.5) is 11.4 Å². The number of ether oxygens (including phenoxy) is 2. The Morgan fingerprint density at radius 3 is 2.22 bits per heavy atom. The van der Waals surface area contributed by atoms with Gasteiger partial charge in [-0.05, 0) is 61.0 Å². The second kappa shape index (κ2) is 12.2. The van der Waals surface area contributed by atoms with Crippen LogP contribution in [0.15, 0.2) is 77.7 Å². The quantitative estimate of drug-likeness (QED) is 0.205. The predicted molar refractivity (Wildman–Crippen MR) is 164 cm³/mol. The molecule has 2 aliphatic heterocycles. The van der Waals surface area contributed by atoms with E-state index in [0.29, 0.717) is 54.6 Å². The maximum atomic E-state index is 13.3. The first kappa shape index (κ1) is 30.1. The van der Waals surface area contributed by atoms with E-state index in [1.165, 1.54) is 33.3 Å². The number of nitrogens with two attached hydrogens (primary N) is 1. The number of anilines is 1. The van der Waals surface area contributed by atoms with Crippen LogP contribution in [0.3, 0.4) is 0 Å². The van der Waals surface area contributed by atoms with Crippen molar-refractivity contribution in [2.75, 3.05) is 45.2 Å². The molecule has 0 unspecified atom stereocenters. The van der Waals surface area contributed by atoms with Crippen LogP contribution in [0.2, 0.25) is 0 Å². The van der Waals surface area contributed by atoms with Gasteiger partial charge in [-0.25, -0.2) is 13.1 Å². The summed E-state index contributed by atoms with van der Waals surface area (Å²) >= 11 is 0. The van der Waals surface area contributed by atoms with Gasteiger partial charge < -0.3 is 20.5 Å². The molecule has 1 fully saturated rings. The highest BCUT2D eigenvalue weighted by atomic mass is 32.2. The van der Waals surface area contributed by atoms with Crippen molar-refractivity contribution in [1.82, 2.24) is 19.0 Å². The topological polar surface area (TPSA) is 175 Å². The molecule has 1 saturated heterocycles. The highest BCUT2D eigenvalue weighted by molar-refractivity contribution is 7.89. The Labute approximate surface area is 259 Å².